The monoisotopic (exact) mass is 397 g/mol. The third kappa shape index (κ3) is 2.51. The first-order valence-electron chi connectivity index (χ1n) is 6.83. The number of aromatic nitrogens is 5. The highest BCUT2D eigenvalue weighted by molar-refractivity contribution is 9.10. The zero-order chi connectivity index (χ0) is 16.9. The molecule has 7 nitrogen and oxygen atoms in total. The van der Waals surface area contributed by atoms with Crippen LogP contribution in [0.25, 0.3) is 16.9 Å². The Labute approximate surface area is 144 Å². The van der Waals surface area contributed by atoms with Crippen LogP contribution in [0.4, 0.5) is 0 Å². The predicted octanol–water partition coefficient (Wildman–Crippen LogP) is 2.28. The number of hydrogen-bond acceptors (Lipinski definition) is 4. The molecule has 0 aliphatic carbocycles. The van der Waals surface area contributed by atoms with Gasteiger partial charge in [-0.15, -0.1) is 0 Å². The summed E-state index contributed by atoms with van der Waals surface area (Å²) < 4.78 is 4.63. The Morgan fingerprint density at radius 1 is 1.30 bits per heavy atom. The summed E-state index contributed by atoms with van der Waals surface area (Å²) in [6.07, 6.45) is 3.13. The summed E-state index contributed by atoms with van der Waals surface area (Å²) in [5.41, 5.74) is -0.356. The van der Waals surface area contributed by atoms with Gasteiger partial charge in [-0.1, -0.05) is 11.6 Å². The Hall–Kier alpha value is -1.93. The summed E-state index contributed by atoms with van der Waals surface area (Å²) >= 11 is 9.42. The van der Waals surface area contributed by atoms with E-state index in [1.165, 1.54) is 15.4 Å². The molecule has 0 aromatic carbocycles. The van der Waals surface area contributed by atoms with Crippen molar-refractivity contribution in [1.82, 2.24) is 23.9 Å². The molecular weight excluding hydrogens is 386 g/mol. The fourth-order valence-electron chi connectivity index (χ4n) is 2.47. The largest absolute Gasteiger partial charge is 0.337 e. The molecule has 0 aliphatic heterocycles. The lowest BCUT2D eigenvalue weighted by Crippen LogP contribution is -2.40. The van der Waals surface area contributed by atoms with E-state index in [2.05, 4.69) is 26.0 Å². The number of hydrogen-bond donors (Lipinski definition) is 0. The van der Waals surface area contributed by atoms with E-state index in [1.54, 1.807) is 19.3 Å². The molecule has 3 heterocycles. The van der Waals surface area contributed by atoms with Crippen molar-refractivity contribution in [3.05, 3.63) is 48.8 Å². The lowest BCUT2D eigenvalue weighted by atomic mass is 10.3. The molecule has 0 saturated carbocycles. The van der Waals surface area contributed by atoms with E-state index in [4.69, 9.17) is 11.6 Å². The van der Waals surface area contributed by atoms with E-state index >= 15 is 0 Å². The molecule has 120 valence electrons. The first-order chi connectivity index (χ1) is 10.8. The van der Waals surface area contributed by atoms with Crippen LogP contribution in [0, 0.1) is 0 Å². The maximum atomic E-state index is 12.9. The van der Waals surface area contributed by atoms with E-state index in [0.29, 0.717) is 9.99 Å². The maximum Gasteiger partial charge on any atom is 0.337 e. The molecule has 3 aromatic heterocycles. The van der Waals surface area contributed by atoms with Crippen LogP contribution in [-0.2, 0) is 7.05 Å². The summed E-state index contributed by atoms with van der Waals surface area (Å²) in [7, 11) is 1.70. The average Bonchev–Trinajstić information content (AvgIpc) is 2.82. The molecule has 0 amide bonds. The number of halogens is 2. The predicted molar refractivity (Wildman–Crippen MR) is 91.5 cm³/mol. The first kappa shape index (κ1) is 15.9. The first-order valence-corrected chi connectivity index (χ1v) is 8.00. The van der Waals surface area contributed by atoms with Gasteiger partial charge in [-0.25, -0.2) is 14.3 Å². The molecule has 0 atom stereocenters. The van der Waals surface area contributed by atoms with Crippen LogP contribution in [0.1, 0.15) is 19.9 Å². The number of pyridine rings is 1. The molecule has 23 heavy (non-hydrogen) atoms. The Kier molecular flexibility index (Phi) is 3.89. The fourth-order valence-corrected chi connectivity index (χ4v) is 3.18. The Bertz CT molecular complexity index is 1030. The molecule has 0 fully saturated rings. The number of nitrogens with zero attached hydrogens (tertiary/aromatic N) is 5. The van der Waals surface area contributed by atoms with Crippen molar-refractivity contribution in [2.45, 2.75) is 19.9 Å². The van der Waals surface area contributed by atoms with E-state index in [9.17, 15) is 9.59 Å². The average molecular weight is 399 g/mol. The Morgan fingerprint density at radius 3 is 2.61 bits per heavy atom. The fraction of sp³-hybridized carbons (Fsp3) is 0.286. The van der Waals surface area contributed by atoms with Gasteiger partial charge in [-0.3, -0.25) is 14.0 Å². The minimum Gasteiger partial charge on any atom is -0.287 e. The van der Waals surface area contributed by atoms with Gasteiger partial charge in [0.05, 0.1) is 10.5 Å². The van der Waals surface area contributed by atoms with Gasteiger partial charge in [-0.2, -0.15) is 5.10 Å². The second-order valence-electron chi connectivity index (χ2n) is 5.38. The lowest BCUT2D eigenvalue weighted by Gasteiger charge is -2.14. The maximum absolute atomic E-state index is 12.9. The van der Waals surface area contributed by atoms with Gasteiger partial charge in [-0.05, 0) is 35.8 Å². The summed E-state index contributed by atoms with van der Waals surface area (Å²) in [6, 6.07) is 1.42. The molecule has 0 saturated heterocycles. The van der Waals surface area contributed by atoms with Crippen LogP contribution >= 0.6 is 27.5 Å². The minimum atomic E-state index is -0.542. The van der Waals surface area contributed by atoms with Crippen LogP contribution in [0.5, 0.6) is 0 Å². The van der Waals surface area contributed by atoms with E-state index in [1.807, 2.05) is 13.8 Å². The second kappa shape index (κ2) is 5.61. The molecule has 0 N–H and O–H groups in total. The number of fused-ring (bicyclic) bond motifs is 1. The van der Waals surface area contributed by atoms with Crippen molar-refractivity contribution in [3.8, 4) is 5.82 Å². The summed E-state index contributed by atoms with van der Waals surface area (Å²) in [4.78, 5) is 29.7. The van der Waals surface area contributed by atoms with E-state index in [0.717, 1.165) is 4.57 Å². The van der Waals surface area contributed by atoms with Crippen LogP contribution in [0.3, 0.4) is 0 Å². The number of aryl methyl sites for hydroxylation is 1. The smallest absolute Gasteiger partial charge is 0.287 e. The standard InChI is InChI=1S/C14H13BrClN5O2/c1-7(2)20-10-6-19(3)18-11(10)13(22)21(14(20)23)12-9(16)4-8(15)5-17-12/h4-7H,1-3H3. The third-order valence-electron chi connectivity index (χ3n) is 3.39. The van der Waals surface area contributed by atoms with Crippen molar-refractivity contribution in [2.24, 2.45) is 7.05 Å². The molecule has 0 unspecified atom stereocenters. The third-order valence-corrected chi connectivity index (χ3v) is 4.10. The zero-order valence-corrected chi connectivity index (χ0v) is 15.0. The molecule has 0 aliphatic rings. The SMILES string of the molecule is CC(C)n1c(=O)n(-c2ncc(Br)cc2Cl)c(=O)c2nn(C)cc21. The summed E-state index contributed by atoms with van der Waals surface area (Å²) in [5.74, 6) is 0.0896. The quantitative estimate of drug-likeness (QED) is 0.664. The summed E-state index contributed by atoms with van der Waals surface area (Å²) in [5, 5.41) is 4.37. The molecular formula is C14H13BrClN5O2. The number of rotatable bonds is 2. The minimum absolute atomic E-state index is 0.0896. The Morgan fingerprint density at radius 2 is 2.00 bits per heavy atom. The molecule has 0 radical (unpaired) electrons. The van der Waals surface area contributed by atoms with Gasteiger partial charge < -0.3 is 0 Å². The van der Waals surface area contributed by atoms with Crippen LogP contribution in [0.2, 0.25) is 5.02 Å². The van der Waals surface area contributed by atoms with Gasteiger partial charge in [0, 0.05) is 30.0 Å². The van der Waals surface area contributed by atoms with Gasteiger partial charge in [0.1, 0.15) is 0 Å². The zero-order valence-electron chi connectivity index (χ0n) is 12.6. The van der Waals surface area contributed by atoms with Gasteiger partial charge in [0.15, 0.2) is 11.3 Å². The topological polar surface area (TPSA) is 74.7 Å². The van der Waals surface area contributed by atoms with Gasteiger partial charge in [0.2, 0.25) is 0 Å². The van der Waals surface area contributed by atoms with Crippen LogP contribution < -0.4 is 11.2 Å². The van der Waals surface area contributed by atoms with Gasteiger partial charge >= 0.3 is 5.69 Å². The molecule has 0 bridgehead atoms. The lowest BCUT2D eigenvalue weighted by molar-refractivity contribution is 0.568. The van der Waals surface area contributed by atoms with Crippen molar-refractivity contribution in [3.63, 3.8) is 0 Å². The van der Waals surface area contributed by atoms with Crippen molar-refractivity contribution in [2.75, 3.05) is 0 Å². The van der Waals surface area contributed by atoms with Crippen molar-refractivity contribution in [1.29, 1.82) is 0 Å². The summed E-state index contributed by atoms with van der Waals surface area (Å²) in [6.45, 7) is 3.72. The highest BCUT2D eigenvalue weighted by Crippen LogP contribution is 2.21. The molecule has 3 aromatic rings. The molecule has 0 spiro atoms. The highest BCUT2D eigenvalue weighted by atomic mass is 79.9. The highest BCUT2D eigenvalue weighted by Gasteiger charge is 2.20. The van der Waals surface area contributed by atoms with Crippen LogP contribution in [0.15, 0.2) is 32.5 Å². The van der Waals surface area contributed by atoms with Crippen LogP contribution in [-0.4, -0.2) is 23.9 Å². The molecule has 9 heteroatoms. The van der Waals surface area contributed by atoms with E-state index < -0.39 is 11.2 Å². The van der Waals surface area contributed by atoms with E-state index in [-0.39, 0.29) is 22.4 Å². The van der Waals surface area contributed by atoms with Crippen molar-refractivity contribution < 1.29 is 0 Å². The normalized spacial score (nSPS) is 11.6. The Balaban J connectivity index is 2.51. The van der Waals surface area contributed by atoms with Gasteiger partial charge in [0.25, 0.3) is 5.56 Å². The molecule has 3 rings (SSSR count). The van der Waals surface area contributed by atoms with Crippen molar-refractivity contribution >= 4 is 38.6 Å². The second-order valence-corrected chi connectivity index (χ2v) is 6.71.